The first-order valence-corrected chi connectivity index (χ1v) is 4.98. The third-order valence-electron chi connectivity index (χ3n) is 1.50. The van der Waals surface area contributed by atoms with E-state index in [-0.39, 0.29) is 6.10 Å². The van der Waals surface area contributed by atoms with Crippen LogP contribution in [0.1, 0.15) is 6.92 Å². The molecule has 76 valence electrons. The lowest BCUT2D eigenvalue weighted by Gasteiger charge is -2.12. The molecule has 0 unspecified atom stereocenters. The number of ether oxygens (including phenoxy) is 1. The molecule has 1 rings (SSSR count). The van der Waals surface area contributed by atoms with Gasteiger partial charge in [0.05, 0.1) is 6.54 Å². The monoisotopic (exact) mass is 258 g/mol. The summed E-state index contributed by atoms with van der Waals surface area (Å²) >= 11 is 3.24. The molecule has 1 atom stereocenters. The molecule has 0 fully saturated rings. The summed E-state index contributed by atoms with van der Waals surface area (Å²) < 4.78 is 6.16. The Labute approximate surface area is 90.8 Å². The van der Waals surface area contributed by atoms with Crippen LogP contribution in [0.15, 0.2) is 22.8 Å². The van der Waals surface area contributed by atoms with Crippen molar-refractivity contribution >= 4 is 22.3 Å². The van der Waals surface area contributed by atoms with Crippen LogP contribution in [-0.2, 0) is 4.79 Å². The zero-order valence-electron chi connectivity index (χ0n) is 7.74. The second-order valence-electron chi connectivity index (χ2n) is 2.75. The summed E-state index contributed by atoms with van der Waals surface area (Å²) in [7, 11) is 0. The highest BCUT2D eigenvalue weighted by Gasteiger charge is 2.03. The Morgan fingerprint density at radius 3 is 3.14 bits per heavy atom. The van der Waals surface area contributed by atoms with Crippen molar-refractivity contribution in [2.75, 3.05) is 6.54 Å². The lowest BCUT2D eigenvalue weighted by atomic mass is 10.4. The summed E-state index contributed by atoms with van der Waals surface area (Å²) in [6, 6.07) is 5.43. The maximum atomic E-state index is 10.0. The summed E-state index contributed by atoms with van der Waals surface area (Å²) in [5.41, 5.74) is 0. The van der Waals surface area contributed by atoms with Crippen molar-refractivity contribution in [2.24, 2.45) is 0 Å². The van der Waals surface area contributed by atoms with Crippen molar-refractivity contribution in [1.29, 1.82) is 0 Å². The first-order chi connectivity index (χ1) is 6.72. The largest absolute Gasteiger partial charge is 0.473 e. The van der Waals surface area contributed by atoms with E-state index in [0.717, 1.165) is 4.60 Å². The molecule has 0 bridgehead atoms. The lowest BCUT2D eigenvalue weighted by Crippen LogP contribution is -2.28. The molecule has 0 aliphatic rings. The first-order valence-electron chi connectivity index (χ1n) is 4.18. The Hall–Kier alpha value is -1.10. The maximum absolute atomic E-state index is 10.0. The predicted octanol–water partition coefficient (Wildman–Crippen LogP) is 1.36. The number of hydrogen-bond donors (Lipinski definition) is 1. The minimum atomic E-state index is -0.0954. The van der Waals surface area contributed by atoms with E-state index in [0.29, 0.717) is 18.8 Å². The molecule has 0 radical (unpaired) electrons. The molecule has 1 heterocycles. The van der Waals surface area contributed by atoms with Gasteiger partial charge in [-0.2, -0.15) is 0 Å². The molecular formula is C9H11BrN2O2. The second kappa shape index (κ2) is 5.59. The zero-order chi connectivity index (χ0) is 10.4. The molecule has 0 aliphatic carbocycles. The van der Waals surface area contributed by atoms with Crippen molar-refractivity contribution in [3.05, 3.63) is 22.8 Å². The highest BCUT2D eigenvalue weighted by molar-refractivity contribution is 9.10. The van der Waals surface area contributed by atoms with Crippen molar-refractivity contribution in [3.8, 4) is 5.88 Å². The summed E-state index contributed by atoms with van der Waals surface area (Å²) in [6.07, 6.45) is 0.552. The minimum Gasteiger partial charge on any atom is -0.473 e. The number of carbonyl (C=O) groups excluding carboxylic acids is 1. The topological polar surface area (TPSA) is 51.2 Å². The summed E-state index contributed by atoms with van der Waals surface area (Å²) in [5, 5.41) is 2.54. The van der Waals surface area contributed by atoms with E-state index in [1.165, 1.54) is 0 Å². The van der Waals surface area contributed by atoms with Gasteiger partial charge in [-0.1, -0.05) is 6.07 Å². The van der Waals surface area contributed by atoms with Crippen LogP contribution in [0.3, 0.4) is 0 Å². The number of carbonyl (C=O) groups is 1. The van der Waals surface area contributed by atoms with Crippen LogP contribution in [0.25, 0.3) is 0 Å². The fourth-order valence-electron chi connectivity index (χ4n) is 0.917. The van der Waals surface area contributed by atoms with Gasteiger partial charge in [0.25, 0.3) is 0 Å². The third-order valence-corrected chi connectivity index (χ3v) is 1.94. The molecule has 0 saturated heterocycles. The van der Waals surface area contributed by atoms with Gasteiger partial charge in [-0.05, 0) is 28.9 Å². The molecule has 0 saturated carbocycles. The molecule has 5 heteroatoms. The predicted molar refractivity (Wildman–Crippen MR) is 56.1 cm³/mol. The van der Waals surface area contributed by atoms with Crippen LogP contribution in [0, 0.1) is 0 Å². The van der Waals surface area contributed by atoms with Gasteiger partial charge in [0.1, 0.15) is 10.7 Å². The Morgan fingerprint density at radius 2 is 2.50 bits per heavy atom. The maximum Gasteiger partial charge on any atom is 0.214 e. The normalized spacial score (nSPS) is 11.9. The molecule has 1 aromatic rings. The van der Waals surface area contributed by atoms with E-state index in [9.17, 15) is 4.79 Å². The summed E-state index contributed by atoms with van der Waals surface area (Å²) in [5.74, 6) is 0.541. The summed E-state index contributed by atoms with van der Waals surface area (Å²) in [4.78, 5) is 14.1. The van der Waals surface area contributed by atoms with E-state index < -0.39 is 0 Å². The van der Waals surface area contributed by atoms with Crippen molar-refractivity contribution < 1.29 is 9.53 Å². The van der Waals surface area contributed by atoms with Gasteiger partial charge in [0.15, 0.2) is 0 Å². The van der Waals surface area contributed by atoms with Crippen molar-refractivity contribution in [1.82, 2.24) is 10.3 Å². The minimum absolute atomic E-state index is 0.0954. The fraction of sp³-hybridized carbons (Fsp3) is 0.333. The van der Waals surface area contributed by atoms with Crippen LogP contribution in [0.5, 0.6) is 5.88 Å². The van der Waals surface area contributed by atoms with E-state index >= 15 is 0 Å². The Balaban J connectivity index is 2.47. The number of aromatic nitrogens is 1. The van der Waals surface area contributed by atoms with Gasteiger partial charge < -0.3 is 10.1 Å². The third kappa shape index (κ3) is 3.74. The van der Waals surface area contributed by atoms with Gasteiger partial charge in [-0.3, -0.25) is 4.79 Å². The van der Waals surface area contributed by atoms with Gasteiger partial charge in [-0.25, -0.2) is 4.98 Å². The number of nitrogens with one attached hydrogen (secondary N) is 1. The summed E-state index contributed by atoms with van der Waals surface area (Å²) in [6.45, 7) is 2.33. The number of nitrogens with zero attached hydrogens (tertiary/aromatic N) is 1. The highest BCUT2D eigenvalue weighted by atomic mass is 79.9. The van der Waals surface area contributed by atoms with Crippen molar-refractivity contribution in [2.45, 2.75) is 13.0 Å². The quantitative estimate of drug-likeness (QED) is 0.641. The number of pyridine rings is 1. The number of rotatable bonds is 5. The molecule has 1 N–H and O–H groups in total. The molecule has 0 spiro atoms. The Bertz CT molecular complexity index is 307. The molecule has 1 aromatic heterocycles. The van der Waals surface area contributed by atoms with Crippen LogP contribution < -0.4 is 10.1 Å². The van der Waals surface area contributed by atoms with Gasteiger partial charge >= 0.3 is 0 Å². The second-order valence-corrected chi connectivity index (χ2v) is 3.57. The SMILES string of the molecule is C[C@@H](CNC=O)Oc1cccc(Br)n1. The van der Waals surface area contributed by atoms with Crippen LogP contribution in [0.2, 0.25) is 0 Å². The lowest BCUT2D eigenvalue weighted by molar-refractivity contribution is -0.109. The smallest absolute Gasteiger partial charge is 0.214 e. The van der Waals surface area contributed by atoms with E-state index in [2.05, 4.69) is 26.2 Å². The van der Waals surface area contributed by atoms with Crippen LogP contribution >= 0.6 is 15.9 Å². The number of hydrogen-bond acceptors (Lipinski definition) is 3. The fourth-order valence-corrected chi connectivity index (χ4v) is 1.24. The zero-order valence-corrected chi connectivity index (χ0v) is 9.32. The highest BCUT2D eigenvalue weighted by Crippen LogP contribution is 2.13. The van der Waals surface area contributed by atoms with Gasteiger partial charge in [-0.15, -0.1) is 0 Å². The molecule has 0 aromatic carbocycles. The molecule has 14 heavy (non-hydrogen) atoms. The number of amides is 1. The van der Waals surface area contributed by atoms with E-state index in [4.69, 9.17) is 4.74 Å². The van der Waals surface area contributed by atoms with Gasteiger partial charge in [0, 0.05) is 6.07 Å². The van der Waals surface area contributed by atoms with Gasteiger partial charge in [0.2, 0.25) is 12.3 Å². The Morgan fingerprint density at radius 1 is 1.71 bits per heavy atom. The van der Waals surface area contributed by atoms with E-state index in [1.807, 2.05) is 19.1 Å². The average molecular weight is 259 g/mol. The molecule has 4 nitrogen and oxygen atoms in total. The molecular weight excluding hydrogens is 248 g/mol. The number of halogens is 1. The first kappa shape index (κ1) is 11.0. The van der Waals surface area contributed by atoms with E-state index in [1.54, 1.807) is 6.07 Å². The molecule has 0 aliphatic heterocycles. The molecule has 1 amide bonds. The average Bonchev–Trinajstić information content (AvgIpc) is 2.15. The van der Waals surface area contributed by atoms with Crippen LogP contribution in [0.4, 0.5) is 0 Å². The standard InChI is InChI=1S/C9H11BrN2O2/c1-7(5-11-6-13)14-9-4-2-3-8(10)12-9/h2-4,6-7H,5H2,1H3,(H,11,13)/t7-/m0/s1. The van der Waals surface area contributed by atoms with Crippen molar-refractivity contribution in [3.63, 3.8) is 0 Å². The van der Waals surface area contributed by atoms with Crippen LogP contribution in [-0.4, -0.2) is 24.0 Å². The Kier molecular flexibility index (Phi) is 4.39.